The van der Waals surface area contributed by atoms with Crippen LogP contribution in [0.2, 0.25) is 5.02 Å². The largest absolute Gasteiger partial charge is 0.338 e. The lowest BCUT2D eigenvalue weighted by Gasteiger charge is -2.21. The van der Waals surface area contributed by atoms with Crippen molar-refractivity contribution in [1.29, 1.82) is 0 Å². The van der Waals surface area contributed by atoms with Crippen molar-refractivity contribution in [1.82, 2.24) is 4.90 Å². The molecule has 2 unspecified atom stereocenters. The van der Waals surface area contributed by atoms with Crippen molar-refractivity contribution >= 4 is 17.5 Å². The van der Waals surface area contributed by atoms with Crippen LogP contribution in [0.1, 0.15) is 18.9 Å². The molecule has 1 aromatic carbocycles. The first-order chi connectivity index (χ1) is 8.11. The van der Waals surface area contributed by atoms with Gasteiger partial charge in [0.05, 0.1) is 5.92 Å². The van der Waals surface area contributed by atoms with E-state index >= 15 is 0 Å². The second-order valence-corrected chi connectivity index (χ2v) is 4.92. The van der Waals surface area contributed by atoms with Crippen molar-refractivity contribution in [2.75, 3.05) is 6.54 Å². The summed E-state index contributed by atoms with van der Waals surface area (Å²) in [5.74, 6) is 0.203. The molecule has 0 radical (unpaired) electrons. The maximum Gasteiger partial charge on any atom is 0.227 e. The Hall–Kier alpha value is -1.06. The van der Waals surface area contributed by atoms with Crippen LogP contribution in [-0.2, 0) is 11.3 Å². The van der Waals surface area contributed by atoms with Crippen molar-refractivity contribution in [2.24, 2.45) is 11.7 Å². The second-order valence-electron chi connectivity index (χ2n) is 4.49. The molecular weight excluding hydrogens is 236 g/mol. The molecule has 2 atom stereocenters. The summed E-state index contributed by atoms with van der Waals surface area (Å²) in [4.78, 5) is 13.9. The lowest BCUT2D eigenvalue weighted by atomic mass is 10.2. The summed E-state index contributed by atoms with van der Waals surface area (Å²) in [6.45, 7) is 3.30. The SMILES string of the molecule is CCN(Cc1cccc(Cl)c1)C(=O)C1CC1N. The summed E-state index contributed by atoms with van der Waals surface area (Å²) in [7, 11) is 0. The van der Waals surface area contributed by atoms with E-state index in [2.05, 4.69) is 0 Å². The summed E-state index contributed by atoms with van der Waals surface area (Å²) in [6, 6.07) is 7.67. The second kappa shape index (κ2) is 5.07. The summed E-state index contributed by atoms with van der Waals surface area (Å²) in [6.07, 6.45) is 0.824. The maximum atomic E-state index is 12.0. The molecule has 0 bridgehead atoms. The molecule has 1 aromatic rings. The van der Waals surface area contributed by atoms with Crippen LogP contribution in [0.5, 0.6) is 0 Å². The van der Waals surface area contributed by atoms with Gasteiger partial charge in [-0.3, -0.25) is 4.79 Å². The van der Waals surface area contributed by atoms with Crippen LogP contribution in [0.25, 0.3) is 0 Å². The number of rotatable bonds is 4. The lowest BCUT2D eigenvalue weighted by Crippen LogP contribution is -2.33. The topological polar surface area (TPSA) is 46.3 Å². The zero-order valence-electron chi connectivity index (χ0n) is 9.90. The fraction of sp³-hybridized carbons (Fsp3) is 0.462. The van der Waals surface area contributed by atoms with E-state index in [0.29, 0.717) is 18.1 Å². The first kappa shape index (κ1) is 12.4. The summed E-state index contributed by atoms with van der Waals surface area (Å²) in [5.41, 5.74) is 6.77. The van der Waals surface area contributed by atoms with Crippen molar-refractivity contribution in [2.45, 2.75) is 25.9 Å². The molecule has 1 amide bonds. The Balaban J connectivity index is 2.02. The molecular formula is C13H17ClN2O. The highest BCUT2D eigenvalue weighted by molar-refractivity contribution is 6.30. The highest BCUT2D eigenvalue weighted by Gasteiger charge is 2.41. The van der Waals surface area contributed by atoms with Gasteiger partial charge in [-0.15, -0.1) is 0 Å². The zero-order valence-corrected chi connectivity index (χ0v) is 10.7. The zero-order chi connectivity index (χ0) is 12.4. The number of amides is 1. The lowest BCUT2D eigenvalue weighted by molar-refractivity contribution is -0.133. The van der Waals surface area contributed by atoms with Gasteiger partial charge in [0.15, 0.2) is 0 Å². The fourth-order valence-corrected chi connectivity index (χ4v) is 2.15. The summed E-state index contributed by atoms with van der Waals surface area (Å²) in [5, 5.41) is 0.703. The monoisotopic (exact) mass is 252 g/mol. The highest BCUT2D eigenvalue weighted by Crippen LogP contribution is 2.30. The van der Waals surface area contributed by atoms with E-state index in [1.807, 2.05) is 36.1 Å². The van der Waals surface area contributed by atoms with Gasteiger partial charge in [0.1, 0.15) is 0 Å². The van der Waals surface area contributed by atoms with E-state index in [-0.39, 0.29) is 17.9 Å². The third-order valence-corrected chi connectivity index (χ3v) is 3.35. The van der Waals surface area contributed by atoms with Gasteiger partial charge in [-0.05, 0) is 31.0 Å². The minimum atomic E-state index is 0.0362. The van der Waals surface area contributed by atoms with Gasteiger partial charge in [-0.1, -0.05) is 23.7 Å². The Bertz CT molecular complexity index is 422. The van der Waals surface area contributed by atoms with Crippen LogP contribution in [0.3, 0.4) is 0 Å². The number of nitrogens with two attached hydrogens (primary N) is 1. The molecule has 4 heteroatoms. The molecule has 1 aliphatic carbocycles. The predicted octanol–water partition coefficient (Wildman–Crippen LogP) is 2.04. The third-order valence-electron chi connectivity index (χ3n) is 3.11. The van der Waals surface area contributed by atoms with E-state index in [4.69, 9.17) is 17.3 Å². The molecule has 0 heterocycles. The van der Waals surface area contributed by atoms with E-state index < -0.39 is 0 Å². The molecule has 3 nitrogen and oxygen atoms in total. The standard InChI is InChI=1S/C13H17ClN2O/c1-2-16(13(17)11-7-12(11)15)8-9-4-3-5-10(14)6-9/h3-6,11-12H,2,7-8,15H2,1H3. The van der Waals surface area contributed by atoms with Crippen LogP contribution in [0.15, 0.2) is 24.3 Å². The molecule has 0 aliphatic heterocycles. The molecule has 2 rings (SSSR count). The quantitative estimate of drug-likeness (QED) is 0.891. The summed E-state index contributed by atoms with van der Waals surface area (Å²) >= 11 is 5.93. The summed E-state index contributed by atoms with van der Waals surface area (Å²) < 4.78 is 0. The number of benzene rings is 1. The van der Waals surface area contributed by atoms with Crippen molar-refractivity contribution < 1.29 is 4.79 Å². The number of nitrogens with zero attached hydrogens (tertiary/aromatic N) is 1. The van der Waals surface area contributed by atoms with Crippen LogP contribution >= 0.6 is 11.6 Å². The molecule has 1 saturated carbocycles. The number of halogens is 1. The Morgan fingerprint density at radius 3 is 2.82 bits per heavy atom. The smallest absolute Gasteiger partial charge is 0.227 e. The minimum absolute atomic E-state index is 0.0362. The van der Waals surface area contributed by atoms with E-state index in [1.54, 1.807) is 0 Å². The number of hydrogen-bond donors (Lipinski definition) is 1. The van der Waals surface area contributed by atoms with Crippen molar-refractivity contribution in [3.8, 4) is 0 Å². The average molecular weight is 253 g/mol. The maximum absolute atomic E-state index is 12.0. The van der Waals surface area contributed by atoms with Gasteiger partial charge in [0.25, 0.3) is 0 Å². The molecule has 1 fully saturated rings. The predicted molar refractivity (Wildman–Crippen MR) is 68.6 cm³/mol. The molecule has 0 spiro atoms. The first-order valence-corrected chi connectivity index (χ1v) is 6.28. The molecule has 0 saturated heterocycles. The Labute approximate surface area is 107 Å². The minimum Gasteiger partial charge on any atom is -0.338 e. The van der Waals surface area contributed by atoms with Crippen LogP contribution in [-0.4, -0.2) is 23.4 Å². The van der Waals surface area contributed by atoms with E-state index in [0.717, 1.165) is 12.0 Å². The van der Waals surface area contributed by atoms with E-state index in [9.17, 15) is 4.79 Å². The molecule has 92 valence electrons. The highest BCUT2D eigenvalue weighted by atomic mass is 35.5. The van der Waals surface area contributed by atoms with Gasteiger partial charge in [0.2, 0.25) is 5.91 Å². The van der Waals surface area contributed by atoms with Gasteiger partial charge in [-0.25, -0.2) is 0 Å². The van der Waals surface area contributed by atoms with Crippen molar-refractivity contribution in [3.05, 3.63) is 34.9 Å². The number of carbonyl (C=O) groups is 1. The van der Waals surface area contributed by atoms with Crippen molar-refractivity contribution in [3.63, 3.8) is 0 Å². The van der Waals surface area contributed by atoms with Gasteiger partial charge in [0, 0.05) is 24.2 Å². The first-order valence-electron chi connectivity index (χ1n) is 5.90. The van der Waals surface area contributed by atoms with Gasteiger partial charge >= 0.3 is 0 Å². The van der Waals surface area contributed by atoms with Gasteiger partial charge in [-0.2, -0.15) is 0 Å². The molecule has 17 heavy (non-hydrogen) atoms. The number of hydrogen-bond acceptors (Lipinski definition) is 2. The van der Waals surface area contributed by atoms with Gasteiger partial charge < -0.3 is 10.6 Å². The average Bonchev–Trinajstić information content (AvgIpc) is 3.02. The molecule has 2 N–H and O–H groups in total. The number of carbonyl (C=O) groups excluding carboxylic acids is 1. The normalized spacial score (nSPS) is 22.3. The molecule has 0 aromatic heterocycles. The Kier molecular flexibility index (Phi) is 3.69. The fourth-order valence-electron chi connectivity index (χ4n) is 1.93. The Morgan fingerprint density at radius 2 is 2.29 bits per heavy atom. The Morgan fingerprint density at radius 1 is 1.59 bits per heavy atom. The molecule has 1 aliphatic rings. The third kappa shape index (κ3) is 2.99. The van der Waals surface area contributed by atoms with Crippen LogP contribution < -0.4 is 5.73 Å². The van der Waals surface area contributed by atoms with Crippen LogP contribution in [0, 0.1) is 5.92 Å². The van der Waals surface area contributed by atoms with E-state index in [1.165, 1.54) is 0 Å². The van der Waals surface area contributed by atoms with Crippen LogP contribution in [0.4, 0.5) is 0 Å².